The number of alkyl halides is 1. The van der Waals surface area contributed by atoms with Gasteiger partial charge >= 0.3 is 0 Å². The summed E-state index contributed by atoms with van der Waals surface area (Å²) in [4.78, 5) is 0.366. The number of benzene rings is 1. The highest BCUT2D eigenvalue weighted by Crippen LogP contribution is 2.18. The van der Waals surface area contributed by atoms with Gasteiger partial charge in [0.2, 0.25) is 0 Å². The maximum absolute atomic E-state index is 8.84. The van der Waals surface area contributed by atoms with Crippen molar-refractivity contribution in [3.05, 3.63) is 42.5 Å². The van der Waals surface area contributed by atoms with Gasteiger partial charge < -0.3 is 0 Å². The van der Waals surface area contributed by atoms with Crippen LogP contribution in [0.2, 0.25) is 0 Å². The topological polar surface area (TPSA) is 57.7 Å². The zero-order chi connectivity index (χ0) is 13.7. The standard InChI is InChI=1S/C13H14BrN5/c1-2-12(14)8-19(18-9-16-17-10-18)13-5-3-11(7-15)4-6-13/h3-6,9-10,12H,2,8H2,1H3. The summed E-state index contributed by atoms with van der Waals surface area (Å²) < 4.78 is 1.84. The Morgan fingerprint density at radius 2 is 1.95 bits per heavy atom. The SMILES string of the molecule is CCC(Br)CN(c1ccc(C#N)cc1)n1cnnc1. The summed E-state index contributed by atoms with van der Waals surface area (Å²) in [7, 11) is 0. The van der Waals surface area contributed by atoms with Crippen LogP contribution in [0.15, 0.2) is 36.9 Å². The minimum Gasteiger partial charge on any atom is -0.278 e. The van der Waals surface area contributed by atoms with Gasteiger partial charge in [0.1, 0.15) is 12.7 Å². The second kappa shape index (κ2) is 6.34. The van der Waals surface area contributed by atoms with Crippen molar-refractivity contribution in [2.45, 2.75) is 18.2 Å². The first-order chi connectivity index (χ1) is 9.24. The molecule has 5 nitrogen and oxygen atoms in total. The van der Waals surface area contributed by atoms with E-state index in [0.717, 1.165) is 18.7 Å². The number of nitrogens with zero attached hydrogens (tertiary/aromatic N) is 5. The molecule has 0 amide bonds. The molecule has 0 aliphatic rings. The average molecular weight is 320 g/mol. The van der Waals surface area contributed by atoms with Gasteiger partial charge in [-0.2, -0.15) is 5.26 Å². The summed E-state index contributed by atoms with van der Waals surface area (Å²) in [5, 5.41) is 18.6. The number of hydrogen-bond donors (Lipinski definition) is 0. The molecule has 2 aromatic rings. The zero-order valence-corrected chi connectivity index (χ0v) is 12.2. The molecule has 0 saturated carbocycles. The Balaban J connectivity index is 2.28. The summed E-state index contributed by atoms with van der Waals surface area (Å²) in [6.07, 6.45) is 4.34. The minimum absolute atomic E-state index is 0.366. The quantitative estimate of drug-likeness (QED) is 0.795. The maximum Gasteiger partial charge on any atom is 0.139 e. The molecule has 19 heavy (non-hydrogen) atoms. The number of halogens is 1. The fourth-order valence-electron chi connectivity index (χ4n) is 1.68. The molecule has 0 radical (unpaired) electrons. The van der Waals surface area contributed by atoms with Crippen LogP contribution in [0.4, 0.5) is 5.69 Å². The molecule has 0 aliphatic heterocycles. The molecule has 1 unspecified atom stereocenters. The van der Waals surface area contributed by atoms with Crippen LogP contribution in [0.25, 0.3) is 0 Å². The third kappa shape index (κ3) is 3.32. The van der Waals surface area contributed by atoms with E-state index in [9.17, 15) is 0 Å². The highest BCUT2D eigenvalue weighted by Gasteiger charge is 2.13. The summed E-state index contributed by atoms with van der Waals surface area (Å²) in [5.41, 5.74) is 1.65. The second-order valence-electron chi connectivity index (χ2n) is 4.09. The Morgan fingerprint density at radius 1 is 1.32 bits per heavy atom. The van der Waals surface area contributed by atoms with Crippen molar-refractivity contribution in [2.75, 3.05) is 11.6 Å². The fourth-order valence-corrected chi connectivity index (χ4v) is 1.95. The summed E-state index contributed by atoms with van der Waals surface area (Å²) in [6, 6.07) is 9.58. The largest absolute Gasteiger partial charge is 0.278 e. The van der Waals surface area contributed by atoms with Crippen molar-refractivity contribution in [3.8, 4) is 6.07 Å². The molecule has 0 N–H and O–H groups in total. The van der Waals surface area contributed by atoms with E-state index in [1.165, 1.54) is 0 Å². The second-order valence-corrected chi connectivity index (χ2v) is 5.38. The first-order valence-corrected chi connectivity index (χ1v) is 6.93. The predicted octanol–water partition coefficient (Wildman–Crippen LogP) is 2.59. The van der Waals surface area contributed by atoms with E-state index in [4.69, 9.17) is 5.26 Å². The van der Waals surface area contributed by atoms with Gasteiger partial charge in [-0.25, -0.2) is 4.68 Å². The zero-order valence-electron chi connectivity index (χ0n) is 10.6. The molecular weight excluding hydrogens is 306 g/mol. The van der Waals surface area contributed by atoms with E-state index in [1.807, 2.05) is 28.9 Å². The average Bonchev–Trinajstić information content (AvgIpc) is 2.98. The fraction of sp³-hybridized carbons (Fsp3) is 0.308. The van der Waals surface area contributed by atoms with Crippen LogP contribution in [-0.4, -0.2) is 26.2 Å². The van der Waals surface area contributed by atoms with E-state index < -0.39 is 0 Å². The molecule has 1 aromatic heterocycles. The molecule has 6 heteroatoms. The van der Waals surface area contributed by atoms with Crippen LogP contribution in [-0.2, 0) is 0 Å². The molecule has 0 fully saturated rings. The Morgan fingerprint density at radius 3 is 2.47 bits per heavy atom. The van der Waals surface area contributed by atoms with Crippen molar-refractivity contribution in [1.29, 1.82) is 5.26 Å². The molecule has 1 aromatic carbocycles. The first-order valence-electron chi connectivity index (χ1n) is 6.01. The molecule has 98 valence electrons. The van der Waals surface area contributed by atoms with Gasteiger partial charge in [0, 0.05) is 4.83 Å². The Hall–Kier alpha value is -1.87. The predicted molar refractivity (Wildman–Crippen MR) is 76.9 cm³/mol. The molecule has 2 rings (SSSR count). The third-order valence-corrected chi connectivity index (χ3v) is 3.73. The lowest BCUT2D eigenvalue weighted by molar-refractivity contribution is 0.659. The Labute approximate surface area is 120 Å². The smallest absolute Gasteiger partial charge is 0.139 e. The van der Waals surface area contributed by atoms with E-state index in [1.54, 1.807) is 12.7 Å². The van der Waals surface area contributed by atoms with Crippen LogP contribution in [0.5, 0.6) is 0 Å². The van der Waals surface area contributed by atoms with Gasteiger partial charge in [-0.05, 0) is 30.7 Å². The van der Waals surface area contributed by atoms with Crippen LogP contribution in [0.1, 0.15) is 18.9 Å². The molecule has 0 bridgehead atoms. The first kappa shape index (κ1) is 13.6. The van der Waals surface area contributed by atoms with Crippen molar-refractivity contribution >= 4 is 21.6 Å². The van der Waals surface area contributed by atoms with E-state index in [-0.39, 0.29) is 0 Å². The van der Waals surface area contributed by atoms with Gasteiger partial charge in [0.05, 0.1) is 23.9 Å². The monoisotopic (exact) mass is 319 g/mol. The molecule has 0 saturated heterocycles. The van der Waals surface area contributed by atoms with Crippen LogP contribution in [0, 0.1) is 11.3 Å². The number of hydrogen-bond acceptors (Lipinski definition) is 4. The summed E-state index contributed by atoms with van der Waals surface area (Å²) >= 11 is 3.64. The number of aromatic nitrogens is 3. The van der Waals surface area contributed by atoms with Gasteiger partial charge in [0.25, 0.3) is 0 Å². The summed E-state index contributed by atoms with van der Waals surface area (Å²) in [5.74, 6) is 0. The van der Waals surface area contributed by atoms with E-state index >= 15 is 0 Å². The van der Waals surface area contributed by atoms with Crippen LogP contribution in [0.3, 0.4) is 0 Å². The Bertz CT molecular complexity index is 543. The third-order valence-electron chi connectivity index (χ3n) is 2.79. The highest BCUT2D eigenvalue weighted by atomic mass is 79.9. The van der Waals surface area contributed by atoms with Crippen molar-refractivity contribution < 1.29 is 0 Å². The van der Waals surface area contributed by atoms with Gasteiger partial charge in [-0.1, -0.05) is 22.9 Å². The Kier molecular flexibility index (Phi) is 4.53. The lowest BCUT2D eigenvalue weighted by Gasteiger charge is -2.26. The molecule has 0 aliphatic carbocycles. The molecule has 0 spiro atoms. The lowest BCUT2D eigenvalue weighted by atomic mass is 10.2. The highest BCUT2D eigenvalue weighted by molar-refractivity contribution is 9.09. The minimum atomic E-state index is 0.366. The van der Waals surface area contributed by atoms with Crippen LogP contribution < -0.4 is 5.01 Å². The number of nitriles is 1. The summed E-state index contributed by atoms with van der Waals surface area (Å²) in [6.45, 7) is 2.92. The maximum atomic E-state index is 8.84. The van der Waals surface area contributed by atoms with E-state index in [2.05, 4.69) is 44.1 Å². The lowest BCUT2D eigenvalue weighted by Crippen LogP contribution is -2.33. The van der Waals surface area contributed by atoms with Gasteiger partial charge in [-0.15, -0.1) is 10.2 Å². The molecule has 1 heterocycles. The van der Waals surface area contributed by atoms with Crippen molar-refractivity contribution in [2.24, 2.45) is 0 Å². The number of rotatable bonds is 5. The van der Waals surface area contributed by atoms with E-state index in [0.29, 0.717) is 10.4 Å². The normalized spacial score (nSPS) is 11.8. The van der Waals surface area contributed by atoms with Gasteiger partial charge in [-0.3, -0.25) is 5.01 Å². The van der Waals surface area contributed by atoms with Crippen molar-refractivity contribution in [1.82, 2.24) is 14.9 Å². The molecular formula is C13H14BrN5. The van der Waals surface area contributed by atoms with Gasteiger partial charge in [0.15, 0.2) is 0 Å². The van der Waals surface area contributed by atoms with Crippen LogP contribution >= 0.6 is 15.9 Å². The van der Waals surface area contributed by atoms with Crippen molar-refractivity contribution in [3.63, 3.8) is 0 Å². The molecule has 1 atom stereocenters. The number of anilines is 1.